The lowest BCUT2D eigenvalue weighted by molar-refractivity contribution is 0.413. The molecule has 2 atom stereocenters. The van der Waals surface area contributed by atoms with Gasteiger partial charge in [0.15, 0.2) is 0 Å². The van der Waals surface area contributed by atoms with Gasteiger partial charge in [-0.15, -0.1) is 0 Å². The molecule has 0 aromatic heterocycles. The number of benzene rings is 4. The molecule has 3 nitrogen and oxygen atoms in total. The van der Waals surface area contributed by atoms with Crippen LogP contribution in [0.2, 0.25) is 0 Å². The van der Waals surface area contributed by atoms with E-state index in [-0.39, 0.29) is 0 Å². The van der Waals surface area contributed by atoms with Crippen molar-refractivity contribution in [2.24, 2.45) is 4.99 Å². The molecule has 5 heteroatoms. The lowest BCUT2D eigenvalue weighted by atomic mass is 10.0. The fourth-order valence-corrected chi connectivity index (χ4v) is 6.81. The molecule has 0 bridgehead atoms. The van der Waals surface area contributed by atoms with Crippen LogP contribution in [0.4, 0.5) is 0 Å². The van der Waals surface area contributed by atoms with E-state index in [1.165, 1.54) is 15.9 Å². The zero-order valence-electron chi connectivity index (χ0n) is 21.7. The molecule has 0 saturated heterocycles. The van der Waals surface area contributed by atoms with E-state index in [9.17, 15) is 0 Å². The van der Waals surface area contributed by atoms with Crippen molar-refractivity contribution >= 4 is 38.5 Å². The van der Waals surface area contributed by atoms with E-state index in [1.807, 2.05) is 36.4 Å². The topological polar surface area (TPSA) is 30.8 Å². The standard InChI is InChI=1S/C32H33NO2P2/c1-32(2,23-30(36-24-15-7-5-8-16-24)26-19-11-13-21-28(26)34-3)33-31(37-25-17-9-6-10-18-25)27-20-12-14-22-29(27)35-4/h5-23,36-37H,1-4H3. The van der Waals surface area contributed by atoms with Gasteiger partial charge in [-0.05, 0) is 62.6 Å². The minimum atomic E-state index is -0.476. The molecular weight excluding hydrogens is 492 g/mol. The van der Waals surface area contributed by atoms with Crippen LogP contribution in [-0.4, -0.2) is 25.2 Å². The number of rotatable bonds is 10. The number of nitrogens with zero attached hydrogens (tertiary/aromatic N) is 1. The fourth-order valence-electron chi connectivity index (χ4n) is 4.05. The summed E-state index contributed by atoms with van der Waals surface area (Å²) in [5, 5.41) is 3.72. The summed E-state index contributed by atoms with van der Waals surface area (Å²) in [6.45, 7) is 4.34. The lowest BCUT2D eigenvalue weighted by Gasteiger charge is -2.22. The van der Waals surface area contributed by atoms with Crippen LogP contribution in [0.3, 0.4) is 0 Å². The van der Waals surface area contributed by atoms with Gasteiger partial charge in [0.1, 0.15) is 11.5 Å². The molecular formula is C32H33NO2P2. The maximum absolute atomic E-state index is 5.75. The minimum absolute atomic E-state index is 0.399. The first-order valence-electron chi connectivity index (χ1n) is 12.2. The second-order valence-corrected chi connectivity index (χ2v) is 11.7. The molecule has 0 aliphatic heterocycles. The third-order valence-electron chi connectivity index (χ3n) is 5.75. The Kier molecular flexibility index (Phi) is 9.29. The average Bonchev–Trinajstić information content (AvgIpc) is 2.93. The van der Waals surface area contributed by atoms with Gasteiger partial charge in [-0.25, -0.2) is 0 Å². The Balaban J connectivity index is 1.82. The van der Waals surface area contributed by atoms with E-state index >= 15 is 0 Å². The third kappa shape index (κ3) is 7.39. The van der Waals surface area contributed by atoms with E-state index in [0.717, 1.165) is 28.1 Å². The summed E-state index contributed by atoms with van der Waals surface area (Å²) in [6.07, 6.45) is 2.29. The highest BCUT2D eigenvalue weighted by molar-refractivity contribution is 7.66. The normalized spacial score (nSPS) is 13.0. The van der Waals surface area contributed by atoms with Crippen molar-refractivity contribution in [2.45, 2.75) is 19.4 Å². The van der Waals surface area contributed by atoms with Gasteiger partial charge in [-0.2, -0.15) is 0 Å². The molecule has 0 spiro atoms. The van der Waals surface area contributed by atoms with Crippen molar-refractivity contribution in [3.8, 4) is 11.5 Å². The molecule has 37 heavy (non-hydrogen) atoms. The second-order valence-electron chi connectivity index (χ2n) is 9.05. The number of ether oxygens (including phenoxy) is 2. The van der Waals surface area contributed by atoms with Gasteiger partial charge in [-0.3, -0.25) is 4.99 Å². The summed E-state index contributed by atoms with van der Waals surface area (Å²) >= 11 is 0. The molecule has 188 valence electrons. The Morgan fingerprint density at radius 1 is 0.622 bits per heavy atom. The van der Waals surface area contributed by atoms with Gasteiger partial charge in [0.2, 0.25) is 0 Å². The quantitative estimate of drug-likeness (QED) is 0.161. The molecule has 0 N–H and O–H groups in total. The van der Waals surface area contributed by atoms with Crippen LogP contribution in [0.5, 0.6) is 11.5 Å². The smallest absolute Gasteiger partial charge is 0.128 e. The van der Waals surface area contributed by atoms with Gasteiger partial charge in [0, 0.05) is 11.1 Å². The summed E-state index contributed by atoms with van der Waals surface area (Å²) in [6, 6.07) is 37.5. The SMILES string of the molecule is COc1ccccc1C(=CC(C)(C)N=C(Pc1ccccc1)c1ccccc1OC)Pc1ccccc1. The number of aliphatic imine (C=N–C) groups is 1. The van der Waals surface area contributed by atoms with Gasteiger partial charge < -0.3 is 9.47 Å². The molecule has 0 radical (unpaired) electrons. The summed E-state index contributed by atoms with van der Waals surface area (Å²) in [7, 11) is 4.31. The van der Waals surface area contributed by atoms with Gasteiger partial charge in [-0.1, -0.05) is 99.6 Å². The van der Waals surface area contributed by atoms with Crippen molar-refractivity contribution in [3.05, 3.63) is 126 Å². The Labute approximate surface area is 224 Å². The maximum atomic E-state index is 5.75. The van der Waals surface area contributed by atoms with E-state index in [4.69, 9.17) is 14.5 Å². The zero-order valence-corrected chi connectivity index (χ0v) is 23.7. The van der Waals surface area contributed by atoms with Crippen LogP contribution in [0, 0.1) is 0 Å². The van der Waals surface area contributed by atoms with Crippen molar-refractivity contribution in [2.75, 3.05) is 14.2 Å². The van der Waals surface area contributed by atoms with Crippen LogP contribution < -0.4 is 20.1 Å². The van der Waals surface area contributed by atoms with E-state index < -0.39 is 5.54 Å². The van der Waals surface area contributed by atoms with Crippen molar-refractivity contribution < 1.29 is 9.47 Å². The predicted molar refractivity (Wildman–Crippen MR) is 163 cm³/mol. The molecule has 4 aromatic rings. The summed E-state index contributed by atoms with van der Waals surface area (Å²) < 4.78 is 11.5. The van der Waals surface area contributed by atoms with E-state index in [0.29, 0.717) is 17.2 Å². The van der Waals surface area contributed by atoms with Crippen molar-refractivity contribution in [1.29, 1.82) is 0 Å². The van der Waals surface area contributed by atoms with Crippen LogP contribution in [-0.2, 0) is 0 Å². The summed E-state index contributed by atoms with van der Waals surface area (Å²) in [5.41, 5.74) is 2.67. The molecule has 2 unspecified atom stereocenters. The molecule has 4 rings (SSSR count). The number of para-hydroxylation sites is 2. The highest BCUT2D eigenvalue weighted by Gasteiger charge is 2.21. The van der Waals surface area contributed by atoms with Gasteiger partial charge in [0.05, 0.1) is 25.2 Å². The molecule has 0 aliphatic carbocycles. The first-order chi connectivity index (χ1) is 18.0. The summed E-state index contributed by atoms with van der Waals surface area (Å²) in [5.74, 6) is 1.70. The van der Waals surface area contributed by atoms with Crippen LogP contribution in [0.1, 0.15) is 25.0 Å². The van der Waals surface area contributed by atoms with Crippen LogP contribution >= 0.6 is 17.2 Å². The van der Waals surface area contributed by atoms with Crippen LogP contribution in [0.15, 0.2) is 120 Å². The molecule has 0 amide bonds. The van der Waals surface area contributed by atoms with Gasteiger partial charge in [0.25, 0.3) is 0 Å². The largest absolute Gasteiger partial charge is 0.496 e. The summed E-state index contributed by atoms with van der Waals surface area (Å²) in [4.78, 5) is 5.38. The van der Waals surface area contributed by atoms with Crippen molar-refractivity contribution in [3.63, 3.8) is 0 Å². The highest BCUT2D eigenvalue weighted by atomic mass is 31.1. The zero-order chi connectivity index (χ0) is 26.1. The maximum Gasteiger partial charge on any atom is 0.128 e. The van der Waals surface area contributed by atoms with E-state index in [2.05, 4.69) is 92.7 Å². The minimum Gasteiger partial charge on any atom is -0.496 e. The second kappa shape index (κ2) is 12.8. The van der Waals surface area contributed by atoms with E-state index in [1.54, 1.807) is 14.2 Å². The number of methoxy groups -OCH3 is 2. The Hall–Kier alpha value is -3.25. The first-order valence-corrected chi connectivity index (χ1v) is 14.2. The molecule has 0 saturated carbocycles. The third-order valence-corrected chi connectivity index (χ3v) is 8.29. The monoisotopic (exact) mass is 525 g/mol. The molecule has 0 aliphatic rings. The van der Waals surface area contributed by atoms with Crippen molar-refractivity contribution in [1.82, 2.24) is 0 Å². The average molecular weight is 526 g/mol. The van der Waals surface area contributed by atoms with Gasteiger partial charge >= 0.3 is 0 Å². The Morgan fingerprint density at radius 3 is 1.65 bits per heavy atom. The van der Waals surface area contributed by atoms with Crippen LogP contribution in [0.25, 0.3) is 5.31 Å². The predicted octanol–water partition coefficient (Wildman–Crippen LogP) is 7.28. The highest BCUT2D eigenvalue weighted by Crippen LogP contribution is 2.40. The molecule has 4 aromatic carbocycles. The number of hydrogen-bond acceptors (Lipinski definition) is 3. The Morgan fingerprint density at radius 2 is 1.08 bits per heavy atom. The first kappa shape index (κ1) is 26.8. The fraction of sp³-hybridized carbons (Fsp3) is 0.156. The molecule has 0 fully saturated rings. The lowest BCUT2D eigenvalue weighted by Crippen LogP contribution is -2.17. The number of hydrogen-bond donors (Lipinski definition) is 0. The molecule has 0 heterocycles. The Bertz CT molecular complexity index is 1260.